The highest BCUT2D eigenvalue weighted by Crippen LogP contribution is 2.49. The van der Waals surface area contributed by atoms with Gasteiger partial charge in [0, 0.05) is 63.3 Å². The molecule has 1 spiro atoms. The summed E-state index contributed by atoms with van der Waals surface area (Å²) in [6, 6.07) is 0. The number of imidazole rings is 1. The van der Waals surface area contributed by atoms with Gasteiger partial charge in [0.1, 0.15) is 11.4 Å². The third-order valence-electron chi connectivity index (χ3n) is 6.66. The maximum atomic E-state index is 13.0. The summed E-state index contributed by atoms with van der Waals surface area (Å²) in [6.45, 7) is 4.83. The minimum absolute atomic E-state index is 0.0264. The molecule has 2 bridgehead atoms. The Hall–Kier alpha value is -1.58. The van der Waals surface area contributed by atoms with Crippen LogP contribution in [-0.4, -0.2) is 92.8 Å². The second kappa shape index (κ2) is 8.28. The van der Waals surface area contributed by atoms with Crippen LogP contribution in [0.1, 0.15) is 19.2 Å². The largest absolute Gasteiger partial charge is 0.396 e. The maximum absolute atomic E-state index is 13.0. The molecule has 0 aliphatic carbocycles. The molecule has 2 amide bonds. The summed E-state index contributed by atoms with van der Waals surface area (Å²) >= 11 is 1.51. The van der Waals surface area contributed by atoms with E-state index in [-0.39, 0.29) is 36.4 Å². The number of likely N-dealkylation sites (tertiary alicyclic amines) is 2. The van der Waals surface area contributed by atoms with E-state index in [1.807, 2.05) is 26.8 Å². The van der Waals surface area contributed by atoms with Gasteiger partial charge in [-0.2, -0.15) is 11.8 Å². The minimum atomic E-state index is -0.538. The van der Waals surface area contributed by atoms with Crippen LogP contribution in [0.15, 0.2) is 12.4 Å². The predicted octanol–water partition coefficient (Wildman–Crippen LogP) is 0.245. The van der Waals surface area contributed by atoms with E-state index in [1.165, 1.54) is 11.8 Å². The fourth-order valence-corrected chi connectivity index (χ4v) is 5.69. The number of nitrogens with zero attached hydrogens (tertiary/aromatic N) is 4. The van der Waals surface area contributed by atoms with Crippen LogP contribution in [0.4, 0.5) is 0 Å². The average molecular weight is 423 g/mol. The summed E-state index contributed by atoms with van der Waals surface area (Å²) < 4.78 is 8.40. The summed E-state index contributed by atoms with van der Waals surface area (Å²) in [5, 5.41) is 9.99. The molecule has 4 heterocycles. The molecule has 0 aromatic carbocycles. The first-order valence-corrected chi connectivity index (χ1v) is 11.7. The van der Waals surface area contributed by atoms with Crippen LogP contribution in [0.5, 0.6) is 0 Å². The van der Waals surface area contributed by atoms with Crippen molar-refractivity contribution in [3.8, 4) is 0 Å². The summed E-state index contributed by atoms with van der Waals surface area (Å²) in [6.07, 6.45) is 6.70. The van der Waals surface area contributed by atoms with E-state index in [0.717, 1.165) is 12.2 Å². The molecule has 1 aromatic rings. The molecule has 3 aliphatic heterocycles. The number of hydrogen-bond donors (Lipinski definition) is 1. The lowest BCUT2D eigenvalue weighted by atomic mass is 9.83. The highest BCUT2D eigenvalue weighted by atomic mass is 32.2. The number of aliphatic hydroxyl groups excluding tert-OH is 1. The molecule has 8 nitrogen and oxygen atoms in total. The van der Waals surface area contributed by atoms with Crippen LogP contribution in [0.25, 0.3) is 0 Å². The second-order valence-electron chi connectivity index (χ2n) is 8.30. The van der Waals surface area contributed by atoms with Gasteiger partial charge in [-0.3, -0.25) is 9.59 Å². The number of aryl methyl sites for hydroxylation is 2. The summed E-state index contributed by atoms with van der Waals surface area (Å²) in [5.41, 5.74) is -0.538. The van der Waals surface area contributed by atoms with Crippen LogP contribution < -0.4 is 0 Å². The van der Waals surface area contributed by atoms with Gasteiger partial charge in [0.25, 0.3) is 0 Å². The van der Waals surface area contributed by atoms with Crippen LogP contribution in [0, 0.1) is 11.8 Å². The van der Waals surface area contributed by atoms with Gasteiger partial charge in [-0.15, -0.1) is 0 Å². The summed E-state index contributed by atoms with van der Waals surface area (Å²) in [4.78, 5) is 33.5. The molecule has 1 N–H and O–H groups in total. The van der Waals surface area contributed by atoms with Gasteiger partial charge in [-0.25, -0.2) is 4.98 Å². The quantitative estimate of drug-likeness (QED) is 0.678. The number of fused-ring (bicyclic) bond motifs is 1. The SMILES string of the molecule is CCc1nccn1CCC(=O)N1C[C@H]2O[C@@]3(CN(C(=O)CSC)C[C@@H]3[C@@H]2CO)C1. The van der Waals surface area contributed by atoms with E-state index in [2.05, 4.69) is 11.9 Å². The molecular weight excluding hydrogens is 392 g/mol. The van der Waals surface area contributed by atoms with Crippen molar-refractivity contribution >= 4 is 23.6 Å². The van der Waals surface area contributed by atoms with E-state index in [9.17, 15) is 14.7 Å². The van der Waals surface area contributed by atoms with Crippen molar-refractivity contribution in [1.82, 2.24) is 19.4 Å². The molecule has 4 atom stereocenters. The number of hydrogen-bond acceptors (Lipinski definition) is 6. The van der Waals surface area contributed by atoms with Crippen LogP contribution >= 0.6 is 11.8 Å². The van der Waals surface area contributed by atoms with Gasteiger partial charge in [0.2, 0.25) is 11.8 Å². The molecule has 0 radical (unpaired) electrons. The Labute approximate surface area is 175 Å². The van der Waals surface area contributed by atoms with Crippen molar-refractivity contribution in [2.75, 3.05) is 44.8 Å². The Morgan fingerprint density at radius 2 is 2.07 bits per heavy atom. The Bertz CT molecular complexity index is 771. The Balaban J connectivity index is 1.45. The summed E-state index contributed by atoms with van der Waals surface area (Å²) in [5.74, 6) is 1.69. The Morgan fingerprint density at radius 3 is 2.76 bits per heavy atom. The van der Waals surface area contributed by atoms with Gasteiger partial charge in [-0.1, -0.05) is 6.92 Å². The van der Waals surface area contributed by atoms with Gasteiger partial charge >= 0.3 is 0 Å². The fourth-order valence-electron chi connectivity index (χ4n) is 5.26. The number of morpholine rings is 1. The third kappa shape index (κ3) is 3.68. The first-order valence-electron chi connectivity index (χ1n) is 10.3. The number of carbonyl (C=O) groups is 2. The van der Waals surface area contributed by atoms with Crippen molar-refractivity contribution in [2.45, 2.75) is 38.0 Å². The Kier molecular flexibility index (Phi) is 5.90. The number of aromatic nitrogens is 2. The van der Waals surface area contributed by atoms with E-state index >= 15 is 0 Å². The maximum Gasteiger partial charge on any atom is 0.232 e. The lowest BCUT2D eigenvalue weighted by molar-refractivity contribution is -0.155. The van der Waals surface area contributed by atoms with Crippen molar-refractivity contribution in [3.63, 3.8) is 0 Å². The zero-order valence-corrected chi connectivity index (χ0v) is 17.9. The van der Waals surface area contributed by atoms with E-state index in [1.54, 1.807) is 6.20 Å². The van der Waals surface area contributed by atoms with Crippen LogP contribution in [0.2, 0.25) is 0 Å². The minimum Gasteiger partial charge on any atom is -0.396 e. The monoisotopic (exact) mass is 422 g/mol. The topological polar surface area (TPSA) is 87.9 Å². The number of amides is 2. The molecule has 29 heavy (non-hydrogen) atoms. The molecule has 3 aliphatic rings. The normalized spacial score (nSPS) is 30.7. The smallest absolute Gasteiger partial charge is 0.232 e. The molecule has 3 saturated heterocycles. The standard InChI is InChI=1S/C20H30N4O4S/c1-3-17-21-5-7-22(17)6-4-18(26)24-9-16-14(10-25)15-8-23(19(27)11-29-2)12-20(15,13-24)28-16/h5,7,14-16,25H,3-4,6,8-13H2,1-2H3/t14-,15+,16+,20-/m0/s1. The molecule has 4 rings (SSSR count). The lowest BCUT2D eigenvalue weighted by Crippen LogP contribution is -2.56. The molecule has 1 aromatic heterocycles. The van der Waals surface area contributed by atoms with Crippen molar-refractivity contribution in [1.29, 1.82) is 0 Å². The van der Waals surface area contributed by atoms with Crippen molar-refractivity contribution in [3.05, 3.63) is 18.2 Å². The fraction of sp³-hybridized carbons (Fsp3) is 0.750. The number of ether oxygens (including phenoxy) is 1. The van der Waals surface area contributed by atoms with Crippen LogP contribution in [-0.2, 0) is 27.3 Å². The van der Waals surface area contributed by atoms with Crippen molar-refractivity contribution < 1.29 is 19.4 Å². The molecule has 0 unspecified atom stereocenters. The third-order valence-corrected chi connectivity index (χ3v) is 7.19. The van der Waals surface area contributed by atoms with E-state index < -0.39 is 5.60 Å². The van der Waals surface area contributed by atoms with Crippen LogP contribution in [0.3, 0.4) is 0 Å². The zero-order chi connectivity index (χ0) is 20.6. The van der Waals surface area contributed by atoms with E-state index in [0.29, 0.717) is 44.9 Å². The number of carbonyl (C=O) groups excluding carboxylic acids is 2. The Morgan fingerprint density at radius 1 is 1.31 bits per heavy atom. The summed E-state index contributed by atoms with van der Waals surface area (Å²) in [7, 11) is 0. The first kappa shape index (κ1) is 20.7. The zero-order valence-electron chi connectivity index (χ0n) is 17.1. The molecule has 3 fully saturated rings. The first-order chi connectivity index (χ1) is 14.0. The number of thioether (sulfide) groups is 1. The number of aliphatic hydroxyl groups is 1. The lowest BCUT2D eigenvalue weighted by Gasteiger charge is -2.40. The van der Waals surface area contributed by atoms with Crippen molar-refractivity contribution in [2.24, 2.45) is 11.8 Å². The average Bonchev–Trinajstić information content (AvgIpc) is 3.36. The van der Waals surface area contributed by atoms with Gasteiger partial charge in [0.05, 0.1) is 24.9 Å². The molecule has 160 valence electrons. The van der Waals surface area contributed by atoms with Gasteiger partial charge in [0.15, 0.2) is 0 Å². The van der Waals surface area contributed by atoms with Gasteiger partial charge < -0.3 is 24.2 Å². The molecule has 0 saturated carbocycles. The van der Waals surface area contributed by atoms with E-state index in [4.69, 9.17) is 4.74 Å². The molecule has 9 heteroatoms. The highest BCUT2D eigenvalue weighted by Gasteiger charge is 2.63. The number of rotatable bonds is 7. The molecular formula is C20H30N4O4S. The van der Waals surface area contributed by atoms with Gasteiger partial charge in [-0.05, 0) is 6.26 Å². The predicted molar refractivity (Wildman–Crippen MR) is 109 cm³/mol. The highest BCUT2D eigenvalue weighted by molar-refractivity contribution is 7.99. The second-order valence-corrected chi connectivity index (χ2v) is 9.16.